The molecule has 2 aromatic heterocycles. The number of carbonyl (C=O) groups is 2. The Morgan fingerprint density at radius 1 is 0.721 bits per heavy atom. The number of carbonyl (C=O) groups excluding carboxylic acids is 2. The van der Waals surface area contributed by atoms with Gasteiger partial charge in [-0.25, -0.2) is 23.6 Å². The molecule has 14 N–H and O–H groups in total. The maximum Gasteiger partial charge on any atom is 0.350 e. The van der Waals surface area contributed by atoms with Gasteiger partial charge in [0.1, 0.15) is 16.7 Å². The maximum atomic E-state index is 15.3. The summed E-state index contributed by atoms with van der Waals surface area (Å²) >= 11 is 0. The minimum Gasteiger partial charge on any atom is -0.492 e. The SMILES string of the molecule is COc1c(N2CC[C@@H]([C@@H](N)CNC(N)=O)C2)c(F)cc2c(=O)n(N)c(=O)n(C3CC3)c12.COc1c(N2CC[C@@H]([C@H](N)CNC(N)=O)C2)ccc2c(=O)n(N)c(=O)n(C3CC3)c12. The van der Waals surface area contributed by atoms with Crippen molar-refractivity contribution in [1.82, 2.24) is 29.1 Å². The standard InChI is InChI=1S/C19H26FN7O4.C19H27N7O4/c1-31-16-14-11(17(28)27(23)19(30)26(14)10-2-3-10)6-12(20)15(16)25-5-4-9(8-25)13(21)7-24-18(22)29;1-30-16-14(24-7-6-10(9-24)13(20)8-23-18(21)28)5-4-12-15(16)25(11-2-3-11)19(29)26(22)17(12)27/h6,9-10,13H,2-5,7-8,21,23H2,1H3,(H3,22,24,29);4-5,10-11,13H,2-3,6-9,20,22H2,1H3,(H3,21,23,28)/t9-,13+;10-,13-/m11/s1. The predicted molar refractivity (Wildman–Crippen MR) is 227 cm³/mol. The van der Waals surface area contributed by atoms with E-state index in [0.717, 1.165) is 50.4 Å². The second kappa shape index (κ2) is 16.9. The van der Waals surface area contributed by atoms with E-state index in [9.17, 15) is 28.8 Å². The summed E-state index contributed by atoms with van der Waals surface area (Å²) in [4.78, 5) is 76.4. The summed E-state index contributed by atoms with van der Waals surface area (Å²) in [6.07, 6.45) is 4.74. The van der Waals surface area contributed by atoms with Crippen molar-refractivity contribution in [2.24, 2.45) is 34.8 Å². The monoisotopic (exact) mass is 852 g/mol. The van der Waals surface area contributed by atoms with Crippen molar-refractivity contribution in [1.29, 1.82) is 0 Å². The molecular formula is C38H53FN14O8. The first-order valence-corrected chi connectivity index (χ1v) is 20.1. The average molecular weight is 853 g/mol. The van der Waals surface area contributed by atoms with Crippen molar-refractivity contribution in [2.75, 3.05) is 75.0 Å². The zero-order chi connectivity index (χ0) is 44.0. The van der Waals surface area contributed by atoms with E-state index >= 15 is 4.39 Å². The van der Waals surface area contributed by atoms with Gasteiger partial charge in [0.2, 0.25) is 0 Å². The highest BCUT2D eigenvalue weighted by Crippen LogP contribution is 2.44. The zero-order valence-corrected chi connectivity index (χ0v) is 34.0. The molecule has 23 heteroatoms. The van der Waals surface area contributed by atoms with Crippen molar-refractivity contribution >= 4 is 45.2 Å². The molecule has 0 unspecified atom stereocenters. The van der Waals surface area contributed by atoms with Crippen LogP contribution in [0.4, 0.5) is 25.4 Å². The molecule has 0 radical (unpaired) electrons. The molecule has 4 amide bonds. The van der Waals surface area contributed by atoms with Crippen molar-refractivity contribution in [3.8, 4) is 11.5 Å². The number of urea groups is 2. The summed E-state index contributed by atoms with van der Waals surface area (Å²) in [5.41, 5.74) is 21.8. The quantitative estimate of drug-likeness (QED) is 0.0732. The molecule has 2 aliphatic carbocycles. The Kier molecular flexibility index (Phi) is 11.8. The smallest absolute Gasteiger partial charge is 0.350 e. The van der Waals surface area contributed by atoms with Crippen LogP contribution in [-0.2, 0) is 0 Å². The second-order valence-electron chi connectivity index (χ2n) is 16.1. The molecule has 22 nitrogen and oxygen atoms in total. The molecular weight excluding hydrogens is 800 g/mol. The predicted octanol–water partition coefficient (Wildman–Crippen LogP) is -1.78. The van der Waals surface area contributed by atoms with Gasteiger partial charge in [-0.2, -0.15) is 9.35 Å². The van der Waals surface area contributed by atoms with Crippen LogP contribution < -0.4 is 87.0 Å². The lowest BCUT2D eigenvalue weighted by molar-refractivity contribution is 0.246. The van der Waals surface area contributed by atoms with Crippen LogP contribution in [-0.4, -0.2) is 96.1 Å². The Labute approximate surface area is 347 Å². The number of methoxy groups -OCH3 is 2. The number of aromatic nitrogens is 4. The number of hydrogen-bond acceptors (Lipinski definition) is 14. The van der Waals surface area contributed by atoms with Crippen LogP contribution in [0.2, 0.25) is 0 Å². The fourth-order valence-electron chi connectivity index (χ4n) is 8.58. The van der Waals surface area contributed by atoms with Gasteiger partial charge in [0.15, 0.2) is 17.3 Å². The van der Waals surface area contributed by atoms with Gasteiger partial charge in [-0.05, 0) is 68.6 Å². The molecule has 8 rings (SSSR count). The summed E-state index contributed by atoms with van der Waals surface area (Å²) in [5, 5.41) is 5.38. The van der Waals surface area contributed by atoms with Gasteiger partial charge in [-0.3, -0.25) is 18.7 Å². The average Bonchev–Trinajstić information content (AvgIpc) is 4.16. The highest BCUT2D eigenvalue weighted by atomic mass is 19.1. The van der Waals surface area contributed by atoms with Gasteiger partial charge in [-0.15, -0.1) is 0 Å². The largest absolute Gasteiger partial charge is 0.492 e. The molecule has 2 aromatic carbocycles. The van der Waals surface area contributed by atoms with Gasteiger partial charge in [0.25, 0.3) is 11.1 Å². The number of primary amides is 2. The number of rotatable bonds is 12. The minimum atomic E-state index is -0.778. The lowest BCUT2D eigenvalue weighted by Crippen LogP contribution is -2.45. The molecule has 61 heavy (non-hydrogen) atoms. The van der Waals surface area contributed by atoms with Gasteiger partial charge in [0, 0.05) is 63.4 Å². The molecule has 4 aliphatic rings. The molecule has 4 atom stereocenters. The third kappa shape index (κ3) is 8.09. The van der Waals surface area contributed by atoms with E-state index in [2.05, 4.69) is 15.5 Å². The molecule has 2 saturated heterocycles. The summed E-state index contributed by atoms with van der Waals surface area (Å²) < 4.78 is 30.7. The molecule has 2 aliphatic heterocycles. The number of nitrogens with two attached hydrogens (primary N) is 6. The normalized spacial score (nSPS) is 19.7. The van der Waals surface area contributed by atoms with Gasteiger partial charge in [-0.1, -0.05) is 0 Å². The molecule has 0 bridgehead atoms. The van der Waals surface area contributed by atoms with Crippen molar-refractivity contribution < 1.29 is 23.5 Å². The third-order valence-electron chi connectivity index (χ3n) is 12.1. The number of nitrogens with one attached hydrogen (secondary N) is 2. The highest BCUT2D eigenvalue weighted by molar-refractivity contribution is 5.92. The van der Waals surface area contributed by atoms with E-state index in [-0.39, 0.29) is 64.9 Å². The first-order valence-electron chi connectivity index (χ1n) is 20.1. The zero-order valence-electron chi connectivity index (χ0n) is 34.0. The van der Waals surface area contributed by atoms with Gasteiger partial charge < -0.3 is 64.5 Å². The molecule has 4 heterocycles. The van der Waals surface area contributed by atoms with Crippen molar-refractivity contribution in [3.63, 3.8) is 0 Å². The number of fused-ring (bicyclic) bond motifs is 2. The number of nitrogens with zero attached hydrogens (tertiary/aromatic N) is 6. The van der Waals surface area contributed by atoms with Crippen molar-refractivity contribution in [2.45, 2.75) is 62.7 Å². The molecule has 330 valence electrons. The number of nitrogen functional groups attached to an aromatic ring is 2. The van der Waals surface area contributed by atoms with E-state index < -0.39 is 40.4 Å². The first-order chi connectivity index (χ1) is 29.1. The number of amides is 4. The topological polar surface area (TPSA) is 327 Å². The number of benzene rings is 2. The molecule has 0 spiro atoms. The van der Waals surface area contributed by atoms with Crippen LogP contribution in [0.1, 0.15) is 50.6 Å². The molecule has 4 aromatic rings. The Morgan fingerprint density at radius 2 is 1.18 bits per heavy atom. The van der Waals surface area contributed by atoms with E-state index in [1.165, 1.54) is 18.8 Å². The number of halogens is 1. The van der Waals surface area contributed by atoms with Gasteiger partial charge in [0.05, 0.1) is 30.7 Å². The number of hydrogen-bond donors (Lipinski definition) is 8. The minimum absolute atomic E-state index is 0.00907. The van der Waals surface area contributed by atoms with Crippen LogP contribution in [0.5, 0.6) is 11.5 Å². The van der Waals surface area contributed by atoms with Crippen LogP contribution >= 0.6 is 0 Å². The Hall–Kier alpha value is -6.49. The number of anilines is 2. The summed E-state index contributed by atoms with van der Waals surface area (Å²) in [6.45, 7) is 2.82. The lowest BCUT2D eigenvalue weighted by atomic mass is 10.00. The summed E-state index contributed by atoms with van der Waals surface area (Å²) in [6, 6.07) is 2.68. The summed E-state index contributed by atoms with van der Waals surface area (Å²) in [5.74, 6) is 11.5. The number of ether oxygens (including phenoxy) is 2. The van der Waals surface area contributed by atoms with Gasteiger partial charge >= 0.3 is 23.4 Å². The molecule has 4 fully saturated rings. The molecule has 2 saturated carbocycles. The van der Waals surface area contributed by atoms with Crippen molar-refractivity contribution in [3.05, 3.63) is 65.7 Å². The fraction of sp³-hybridized carbons (Fsp3) is 0.526. The van der Waals surface area contributed by atoms with E-state index in [4.69, 9.17) is 44.1 Å². The van der Waals surface area contributed by atoms with Crippen LogP contribution in [0.25, 0.3) is 21.8 Å². The van der Waals surface area contributed by atoms with Crippen LogP contribution in [0.3, 0.4) is 0 Å². The third-order valence-corrected chi connectivity index (χ3v) is 12.1. The van der Waals surface area contributed by atoms with Crippen LogP contribution in [0, 0.1) is 17.7 Å². The maximum absolute atomic E-state index is 15.3. The summed E-state index contributed by atoms with van der Waals surface area (Å²) in [7, 11) is 2.91. The van der Waals surface area contributed by atoms with E-state index in [0.29, 0.717) is 58.6 Å². The Bertz CT molecular complexity index is 2620. The first kappa shape index (κ1) is 42.6. The lowest BCUT2D eigenvalue weighted by Gasteiger charge is -2.25. The second-order valence-corrected chi connectivity index (χ2v) is 16.1. The van der Waals surface area contributed by atoms with E-state index in [1.807, 2.05) is 6.07 Å². The highest BCUT2D eigenvalue weighted by Gasteiger charge is 2.36. The fourth-order valence-corrected chi connectivity index (χ4v) is 8.58. The van der Waals surface area contributed by atoms with E-state index in [1.54, 1.807) is 15.5 Å². The van der Waals surface area contributed by atoms with Crippen LogP contribution in [0.15, 0.2) is 37.4 Å². The Morgan fingerprint density at radius 3 is 1.66 bits per heavy atom. The Balaban J connectivity index is 0.000000184.